The van der Waals surface area contributed by atoms with E-state index in [1.807, 2.05) is 179 Å². The normalized spacial score (nSPS) is 15.7. The van der Waals surface area contributed by atoms with Crippen LogP contribution in [0.5, 0.6) is 57.5 Å². The molecule has 10 aliphatic heterocycles. The summed E-state index contributed by atoms with van der Waals surface area (Å²) in [5, 5.41) is 0. The van der Waals surface area contributed by atoms with Crippen molar-refractivity contribution in [3.05, 3.63) is 334 Å². The van der Waals surface area contributed by atoms with Crippen LogP contribution in [0.2, 0.25) is 0 Å². The van der Waals surface area contributed by atoms with E-state index in [0.717, 1.165) is 194 Å². The lowest BCUT2D eigenvalue weighted by atomic mass is 10.1. The summed E-state index contributed by atoms with van der Waals surface area (Å²) in [6.45, 7) is 29.6. The first kappa shape index (κ1) is 127. The minimum atomic E-state index is 0.309. The fourth-order valence-corrected chi connectivity index (χ4v) is 17.8. The van der Waals surface area contributed by atoms with E-state index in [1.54, 1.807) is 0 Å². The van der Waals surface area contributed by atoms with Gasteiger partial charge < -0.3 is 56.8 Å². The molecule has 0 spiro atoms. The van der Waals surface area contributed by atoms with E-state index in [9.17, 15) is 0 Å². The molecule has 146 heavy (non-hydrogen) atoms. The fraction of sp³-hybridized carbons (Fsp3) is 0.416. The molecule has 0 aliphatic carbocycles. The van der Waals surface area contributed by atoms with Crippen LogP contribution in [0, 0.1) is 0 Å². The standard InChI is InChI=1S/C24H24N2O2.C22H28N2O3.C20H24N2O3.C20H24N2O2S.C17H18N2O2.10CH3Br/c1-3-7-23-21(5-1)15-25(17-27-23)13-19-9-11-20(12-10-19)14-26-16-22-6-2-4-8-24(22)28-18-26;1-17(23-11-19-7-3-5-9-21(19)26-15-23)13-25-14-18(2)24-12-20-8-4-6-10-22(20)27-16-24;1-3-7-19-17(5-1)13-21(15-24-19)9-11-23-12-10-22-14-18-6-2-4-8-20(18)25-16-22;1-3-7-19-17(5-1)13-21(15-23-19)9-11-25-12-10-22-14-18-6-2-4-8-20(18)24-16-22;1-3-7-16-14(5-1)9-18(12-20-16)11-19-10-15-6-2-4-8-17(15)21-13-19;10*1-2/h1-12H,13-18H2;3-10,17-18H,11-16H2,1-2H3;2*1-8H,9-16H2;1-8H,9-13H2;10*1H3. The van der Waals surface area contributed by atoms with Crippen LogP contribution < -0.4 is 47.4 Å². The van der Waals surface area contributed by atoms with Crippen molar-refractivity contribution in [3.8, 4) is 57.5 Å². The van der Waals surface area contributed by atoms with Gasteiger partial charge >= 0.3 is 0 Å². The van der Waals surface area contributed by atoms with Crippen molar-refractivity contribution in [2.75, 3.05) is 196 Å². The number of fused-ring (bicyclic) bond motifs is 10. The second kappa shape index (κ2) is 76.6. The molecular formula is C113H148Br10N10O12S. The van der Waals surface area contributed by atoms with Crippen molar-refractivity contribution in [3.63, 3.8) is 0 Å². The predicted molar refractivity (Wildman–Crippen MR) is 639 cm³/mol. The Morgan fingerprint density at radius 2 is 0.404 bits per heavy atom. The third kappa shape index (κ3) is 42.9. The molecule has 10 heterocycles. The molecule has 0 saturated heterocycles. The summed E-state index contributed by atoms with van der Waals surface area (Å²) in [6.07, 6.45) is 0. The Morgan fingerprint density at radius 3 is 0.644 bits per heavy atom. The number of hydrogen-bond donors (Lipinski definition) is 0. The van der Waals surface area contributed by atoms with E-state index in [-0.39, 0.29) is 0 Å². The van der Waals surface area contributed by atoms with Crippen molar-refractivity contribution < 1.29 is 56.8 Å². The van der Waals surface area contributed by atoms with E-state index in [4.69, 9.17) is 56.8 Å². The molecule has 0 radical (unpaired) electrons. The maximum Gasteiger partial charge on any atom is 0.143 e. The molecule has 0 amide bonds. The predicted octanol–water partition coefficient (Wildman–Crippen LogP) is 26.8. The van der Waals surface area contributed by atoms with E-state index >= 15 is 0 Å². The molecule has 0 saturated carbocycles. The molecule has 798 valence electrons. The lowest BCUT2D eigenvalue weighted by Crippen LogP contribution is -2.43. The SMILES string of the molecule is CBr.CBr.CBr.CBr.CBr.CBr.CBr.CBr.CBr.CBr.CC(COCC(C)N1COc2ccccc2C1)N1COc2ccccc2C1.c1ccc2c(c1)CN(CCOCCN1COc3ccccc3C1)CO2.c1ccc2c(c1)CN(CCSCCN1COc3ccccc3C1)CO2.c1ccc2c(c1)CN(CN1COc3ccccc3C1)CO2.c1ccc2c(c1)CN(Cc1ccc(CN3COc4ccccc4C3)cc1)CO2. The smallest absolute Gasteiger partial charge is 0.143 e. The first-order valence-corrected chi connectivity index (χ1v) is 65.1. The Balaban J connectivity index is 0.000000237. The van der Waals surface area contributed by atoms with Gasteiger partial charge in [-0.15, -0.1) is 0 Å². The van der Waals surface area contributed by atoms with Crippen LogP contribution >= 0.6 is 171 Å². The summed E-state index contributed by atoms with van der Waals surface area (Å²) in [5.41, 5.74) is 15.2. The van der Waals surface area contributed by atoms with Gasteiger partial charge in [0.05, 0.1) is 33.1 Å². The Morgan fingerprint density at radius 1 is 0.219 bits per heavy atom. The minimum Gasteiger partial charge on any atom is -0.478 e. The first-order valence-electron chi connectivity index (χ1n) is 48.1. The average Bonchev–Trinajstić information content (AvgIpc) is 0.800. The molecule has 22 nitrogen and oxygen atoms in total. The topological polar surface area (TPSA) is 143 Å². The van der Waals surface area contributed by atoms with Gasteiger partial charge in [0, 0.05) is 184 Å². The highest BCUT2D eigenvalue weighted by Gasteiger charge is 2.29. The Hall–Kier alpha value is -5.91. The van der Waals surface area contributed by atoms with E-state index in [2.05, 4.69) is 380 Å². The Bertz CT molecular complexity index is 4890. The maximum atomic E-state index is 6.05. The van der Waals surface area contributed by atoms with Gasteiger partial charge in [-0.05, 0) is 144 Å². The van der Waals surface area contributed by atoms with Crippen LogP contribution in [0.25, 0.3) is 0 Å². The van der Waals surface area contributed by atoms with Crippen molar-refractivity contribution in [1.82, 2.24) is 49.0 Å². The number of hydrogen-bond acceptors (Lipinski definition) is 23. The Kier molecular flexibility index (Phi) is 66.6. The lowest BCUT2D eigenvalue weighted by Gasteiger charge is -2.35. The van der Waals surface area contributed by atoms with Crippen LogP contribution in [0.3, 0.4) is 0 Å². The van der Waals surface area contributed by atoms with Crippen molar-refractivity contribution >= 4 is 171 Å². The summed E-state index contributed by atoms with van der Waals surface area (Å²) in [5.74, 6) is 30.5. The summed E-state index contributed by atoms with van der Waals surface area (Å²) in [4.78, 5) is 23.1. The number of halogens is 10. The third-order valence-corrected chi connectivity index (χ3v) is 25.0. The lowest BCUT2D eigenvalue weighted by molar-refractivity contribution is -0.0188. The van der Waals surface area contributed by atoms with Crippen molar-refractivity contribution in [2.45, 2.75) is 104 Å². The van der Waals surface area contributed by atoms with Crippen LogP contribution in [-0.2, 0) is 88.0 Å². The van der Waals surface area contributed by atoms with Gasteiger partial charge in [0.1, 0.15) is 125 Å². The molecular weight excluding hydrogens is 2520 g/mol. The van der Waals surface area contributed by atoms with Gasteiger partial charge in [0.2, 0.25) is 0 Å². The molecule has 10 aliphatic rings. The van der Waals surface area contributed by atoms with Crippen LogP contribution in [0.4, 0.5) is 0 Å². The molecule has 0 fully saturated rings. The molecule has 2 unspecified atom stereocenters. The van der Waals surface area contributed by atoms with Crippen LogP contribution in [-0.4, -0.2) is 258 Å². The third-order valence-electron chi connectivity index (χ3n) is 24.0. The van der Waals surface area contributed by atoms with Gasteiger partial charge in [-0.3, -0.25) is 49.0 Å². The average molecular weight is 2670 g/mol. The molecule has 0 aromatic heterocycles. The van der Waals surface area contributed by atoms with E-state index < -0.39 is 0 Å². The zero-order valence-electron chi connectivity index (χ0n) is 86.5. The number of benzene rings is 11. The highest BCUT2D eigenvalue weighted by Crippen LogP contribution is 2.35. The first-order chi connectivity index (χ1) is 72.2. The molecule has 33 heteroatoms. The second-order valence-electron chi connectivity index (χ2n) is 33.6. The fourth-order valence-electron chi connectivity index (χ4n) is 16.8. The van der Waals surface area contributed by atoms with Gasteiger partial charge in [0.15, 0.2) is 0 Å². The summed E-state index contributed by atoms with van der Waals surface area (Å²) >= 11 is 31.4. The molecule has 0 N–H and O–H groups in total. The summed E-state index contributed by atoms with van der Waals surface area (Å²) in [6, 6.07) is 92.2. The van der Waals surface area contributed by atoms with Gasteiger partial charge in [-0.2, -0.15) is 11.8 Å². The zero-order chi connectivity index (χ0) is 105. The minimum absolute atomic E-state index is 0.309. The van der Waals surface area contributed by atoms with Crippen LogP contribution in [0.15, 0.2) is 267 Å². The number of rotatable bonds is 24. The van der Waals surface area contributed by atoms with Gasteiger partial charge in [0.25, 0.3) is 0 Å². The highest BCUT2D eigenvalue weighted by atomic mass is 79.9. The summed E-state index contributed by atoms with van der Waals surface area (Å²) < 4.78 is 70.1. The maximum absolute atomic E-state index is 6.05. The van der Waals surface area contributed by atoms with Gasteiger partial charge in [-0.25, -0.2) is 0 Å². The number of thioether (sulfide) groups is 1. The molecule has 21 rings (SSSR count). The quantitative estimate of drug-likeness (QED) is 0.0417. The molecule has 11 aromatic carbocycles. The van der Waals surface area contributed by atoms with Gasteiger partial charge in [-0.1, -0.05) is 366 Å². The second-order valence-corrected chi connectivity index (χ2v) is 34.8. The number of para-hydroxylation sites is 10. The van der Waals surface area contributed by atoms with Crippen LogP contribution in [0.1, 0.15) is 80.6 Å². The monoisotopic (exact) mass is 2660 g/mol. The van der Waals surface area contributed by atoms with Crippen molar-refractivity contribution in [2.24, 2.45) is 0 Å². The molecule has 0 bridgehead atoms. The summed E-state index contributed by atoms with van der Waals surface area (Å²) in [7, 11) is 0. The zero-order valence-corrected chi connectivity index (χ0v) is 103. The molecule has 11 aromatic rings. The number of ether oxygens (including phenoxy) is 12. The Labute approximate surface area is 959 Å². The number of nitrogens with zero attached hydrogens (tertiary/aromatic N) is 10. The van der Waals surface area contributed by atoms with E-state index in [0.29, 0.717) is 92.6 Å². The largest absolute Gasteiger partial charge is 0.478 e. The number of alkyl halides is 10. The highest BCUT2D eigenvalue weighted by molar-refractivity contribution is 9.10. The van der Waals surface area contributed by atoms with E-state index in [1.165, 1.54) is 66.8 Å². The molecule has 2 atom stereocenters. The van der Waals surface area contributed by atoms with Crippen molar-refractivity contribution in [1.29, 1.82) is 0 Å².